The summed E-state index contributed by atoms with van der Waals surface area (Å²) < 4.78 is 0. The molecule has 94 valence electrons. The van der Waals surface area contributed by atoms with Gasteiger partial charge in [0, 0.05) is 11.4 Å². The van der Waals surface area contributed by atoms with Crippen LogP contribution >= 0.6 is 0 Å². The summed E-state index contributed by atoms with van der Waals surface area (Å²) in [5.74, 6) is 0.501. The lowest BCUT2D eigenvalue weighted by atomic mass is 10.1. The van der Waals surface area contributed by atoms with Crippen molar-refractivity contribution in [3.63, 3.8) is 0 Å². The summed E-state index contributed by atoms with van der Waals surface area (Å²) >= 11 is 0. The Morgan fingerprint density at radius 1 is 1.17 bits per heavy atom. The van der Waals surface area contributed by atoms with E-state index in [2.05, 4.69) is 74.7 Å². The molecule has 1 heteroatoms. The predicted molar refractivity (Wildman–Crippen MR) is 78.9 cm³/mol. The van der Waals surface area contributed by atoms with Crippen LogP contribution in [-0.2, 0) is 0 Å². The maximum absolute atomic E-state index is 3.55. The van der Waals surface area contributed by atoms with Crippen LogP contribution in [0.15, 0.2) is 71.1 Å². The van der Waals surface area contributed by atoms with Gasteiger partial charge in [-0.2, -0.15) is 0 Å². The number of hydrogen-bond acceptors (Lipinski definition) is 1. The Balaban J connectivity index is 2.21. The van der Waals surface area contributed by atoms with E-state index < -0.39 is 0 Å². The molecule has 0 bridgehead atoms. The van der Waals surface area contributed by atoms with E-state index in [0.29, 0.717) is 5.92 Å². The van der Waals surface area contributed by atoms with Gasteiger partial charge in [0.15, 0.2) is 0 Å². The van der Waals surface area contributed by atoms with Crippen molar-refractivity contribution in [1.29, 1.82) is 0 Å². The SMILES string of the molecule is CC1=CC=CCC=C1NC1=C(C)C=CC(C)C=C1. The largest absolute Gasteiger partial charge is 0.355 e. The second-order valence-corrected chi connectivity index (χ2v) is 4.93. The van der Waals surface area contributed by atoms with Crippen molar-refractivity contribution in [3.05, 3.63) is 71.1 Å². The normalized spacial score (nSPS) is 23.4. The predicted octanol–water partition coefficient (Wildman–Crippen LogP) is 4.40. The average molecular weight is 239 g/mol. The van der Waals surface area contributed by atoms with Gasteiger partial charge in [-0.1, -0.05) is 49.5 Å². The van der Waals surface area contributed by atoms with Crippen LogP contribution in [0.4, 0.5) is 0 Å². The first-order valence-corrected chi connectivity index (χ1v) is 6.55. The van der Waals surface area contributed by atoms with E-state index in [4.69, 9.17) is 0 Å². The molecule has 0 amide bonds. The van der Waals surface area contributed by atoms with Crippen LogP contribution in [-0.4, -0.2) is 0 Å². The third kappa shape index (κ3) is 3.13. The fourth-order valence-corrected chi connectivity index (χ4v) is 1.99. The summed E-state index contributed by atoms with van der Waals surface area (Å²) in [6, 6.07) is 0. The first-order chi connectivity index (χ1) is 8.66. The van der Waals surface area contributed by atoms with Crippen LogP contribution in [0.5, 0.6) is 0 Å². The van der Waals surface area contributed by atoms with Crippen LogP contribution in [0.3, 0.4) is 0 Å². The molecular formula is C17H21N. The van der Waals surface area contributed by atoms with Crippen molar-refractivity contribution < 1.29 is 0 Å². The molecule has 0 saturated heterocycles. The zero-order valence-electron chi connectivity index (χ0n) is 11.4. The lowest BCUT2D eigenvalue weighted by Gasteiger charge is -2.13. The highest BCUT2D eigenvalue weighted by molar-refractivity contribution is 5.41. The zero-order valence-corrected chi connectivity index (χ0v) is 11.4. The lowest BCUT2D eigenvalue weighted by Crippen LogP contribution is -2.13. The summed E-state index contributed by atoms with van der Waals surface area (Å²) in [7, 11) is 0. The number of allylic oxidation sites excluding steroid dienone is 10. The summed E-state index contributed by atoms with van der Waals surface area (Å²) in [6.45, 7) is 6.49. The summed E-state index contributed by atoms with van der Waals surface area (Å²) in [4.78, 5) is 0. The molecule has 0 aromatic rings. The molecule has 0 aliphatic heterocycles. The average Bonchev–Trinajstić information content (AvgIpc) is 2.64. The molecule has 0 aromatic carbocycles. The van der Waals surface area contributed by atoms with Crippen LogP contribution in [0.25, 0.3) is 0 Å². The van der Waals surface area contributed by atoms with Gasteiger partial charge < -0.3 is 5.32 Å². The fraction of sp³-hybridized carbons (Fsp3) is 0.294. The summed E-state index contributed by atoms with van der Waals surface area (Å²) in [6.07, 6.45) is 18.5. The second kappa shape index (κ2) is 5.72. The molecule has 1 unspecified atom stereocenters. The van der Waals surface area contributed by atoms with E-state index in [0.717, 1.165) is 6.42 Å². The third-order valence-electron chi connectivity index (χ3n) is 3.28. The Morgan fingerprint density at radius 2 is 1.94 bits per heavy atom. The lowest BCUT2D eigenvalue weighted by molar-refractivity contribution is 0.936. The third-order valence-corrected chi connectivity index (χ3v) is 3.28. The van der Waals surface area contributed by atoms with Gasteiger partial charge in [-0.3, -0.25) is 0 Å². The second-order valence-electron chi connectivity index (χ2n) is 4.93. The highest BCUT2D eigenvalue weighted by Gasteiger charge is 2.06. The van der Waals surface area contributed by atoms with Crippen LogP contribution in [0.1, 0.15) is 27.2 Å². The number of hydrogen-bond donors (Lipinski definition) is 1. The Labute approximate surface area is 110 Å². The molecule has 0 radical (unpaired) electrons. The van der Waals surface area contributed by atoms with Gasteiger partial charge in [0.1, 0.15) is 0 Å². The van der Waals surface area contributed by atoms with Crippen molar-refractivity contribution in [2.75, 3.05) is 0 Å². The summed E-state index contributed by atoms with van der Waals surface area (Å²) in [5.41, 5.74) is 4.96. The van der Waals surface area contributed by atoms with Crippen molar-refractivity contribution >= 4 is 0 Å². The quantitative estimate of drug-likeness (QED) is 0.753. The zero-order chi connectivity index (χ0) is 13.0. The minimum absolute atomic E-state index is 0.501. The Bertz CT molecular complexity index is 496. The van der Waals surface area contributed by atoms with E-state index in [1.54, 1.807) is 0 Å². The van der Waals surface area contributed by atoms with E-state index in [1.165, 1.54) is 22.5 Å². The van der Waals surface area contributed by atoms with Gasteiger partial charge in [-0.15, -0.1) is 0 Å². The molecule has 2 aliphatic carbocycles. The minimum Gasteiger partial charge on any atom is -0.355 e. The van der Waals surface area contributed by atoms with Gasteiger partial charge in [0.25, 0.3) is 0 Å². The van der Waals surface area contributed by atoms with Crippen molar-refractivity contribution in [1.82, 2.24) is 5.32 Å². The van der Waals surface area contributed by atoms with Crippen LogP contribution in [0, 0.1) is 5.92 Å². The first-order valence-electron chi connectivity index (χ1n) is 6.55. The monoisotopic (exact) mass is 239 g/mol. The molecule has 1 nitrogen and oxygen atoms in total. The van der Waals surface area contributed by atoms with E-state index in [1.807, 2.05) is 0 Å². The van der Waals surface area contributed by atoms with Crippen molar-refractivity contribution in [2.24, 2.45) is 5.92 Å². The molecule has 1 atom stereocenters. The molecule has 0 saturated carbocycles. The van der Waals surface area contributed by atoms with Crippen molar-refractivity contribution in [2.45, 2.75) is 27.2 Å². The molecule has 2 aliphatic rings. The maximum atomic E-state index is 3.55. The molecule has 0 aromatic heterocycles. The first kappa shape index (κ1) is 12.7. The molecule has 18 heavy (non-hydrogen) atoms. The Morgan fingerprint density at radius 3 is 2.78 bits per heavy atom. The van der Waals surface area contributed by atoms with Crippen molar-refractivity contribution in [3.8, 4) is 0 Å². The topological polar surface area (TPSA) is 12.0 Å². The maximum Gasteiger partial charge on any atom is 0.0410 e. The molecule has 2 rings (SSSR count). The van der Waals surface area contributed by atoms with Gasteiger partial charge in [-0.25, -0.2) is 0 Å². The van der Waals surface area contributed by atoms with Gasteiger partial charge >= 0.3 is 0 Å². The molecule has 0 fully saturated rings. The van der Waals surface area contributed by atoms with E-state index in [-0.39, 0.29) is 0 Å². The summed E-state index contributed by atoms with van der Waals surface area (Å²) in [5, 5.41) is 3.55. The van der Waals surface area contributed by atoms with Crippen LogP contribution < -0.4 is 5.32 Å². The van der Waals surface area contributed by atoms with Gasteiger partial charge in [0.05, 0.1) is 0 Å². The number of nitrogens with one attached hydrogen (secondary N) is 1. The minimum atomic E-state index is 0.501. The number of rotatable bonds is 2. The Kier molecular flexibility index (Phi) is 4.03. The van der Waals surface area contributed by atoms with Gasteiger partial charge in [0.2, 0.25) is 0 Å². The molecule has 0 spiro atoms. The smallest absolute Gasteiger partial charge is 0.0410 e. The Hall–Kier alpha value is -1.76. The standard InChI is InChI=1S/C17H21N/c1-13-9-11-15(3)17(12-10-13)18-16-8-6-4-5-7-14(16)2/h4-5,7-13,18H,6H2,1-3H3. The fourth-order valence-electron chi connectivity index (χ4n) is 1.99. The highest BCUT2D eigenvalue weighted by Crippen LogP contribution is 2.18. The highest BCUT2D eigenvalue weighted by atomic mass is 14.9. The molecular weight excluding hydrogens is 218 g/mol. The van der Waals surface area contributed by atoms with E-state index in [9.17, 15) is 0 Å². The molecule has 0 heterocycles. The molecule has 1 N–H and O–H groups in total. The van der Waals surface area contributed by atoms with Crippen LogP contribution in [0.2, 0.25) is 0 Å². The van der Waals surface area contributed by atoms with Gasteiger partial charge in [-0.05, 0) is 43.4 Å². The van der Waals surface area contributed by atoms with E-state index >= 15 is 0 Å².